The molecule has 2 unspecified atom stereocenters. The van der Waals surface area contributed by atoms with Crippen LogP contribution >= 0.6 is 0 Å². The minimum absolute atomic E-state index is 0.0470. The average molecular weight is 386 g/mol. The summed E-state index contributed by atoms with van der Waals surface area (Å²) in [5.41, 5.74) is 0.685. The fourth-order valence-electron chi connectivity index (χ4n) is 3.91. The molecule has 0 spiro atoms. The highest BCUT2D eigenvalue weighted by Gasteiger charge is 2.51. The zero-order valence-electron chi connectivity index (χ0n) is 14.6. The van der Waals surface area contributed by atoms with Crippen molar-refractivity contribution in [1.82, 2.24) is 24.1 Å². The van der Waals surface area contributed by atoms with Crippen molar-refractivity contribution in [2.45, 2.75) is 23.4 Å². The number of piperazine rings is 1. The van der Waals surface area contributed by atoms with Crippen molar-refractivity contribution in [1.29, 1.82) is 0 Å². The minimum atomic E-state index is -3.51. The predicted molar refractivity (Wildman–Crippen MR) is 97.2 cm³/mol. The molecule has 0 amide bonds. The van der Waals surface area contributed by atoms with E-state index in [9.17, 15) is 8.42 Å². The summed E-state index contributed by atoms with van der Waals surface area (Å²) in [6.45, 7) is 1.24. The highest BCUT2D eigenvalue weighted by Crippen LogP contribution is 2.38. The monoisotopic (exact) mass is 386 g/mol. The number of hydrogen-bond donors (Lipinski definition) is 0. The van der Waals surface area contributed by atoms with Crippen LogP contribution in [-0.2, 0) is 10.0 Å². The molecule has 3 saturated heterocycles. The van der Waals surface area contributed by atoms with Crippen LogP contribution in [0, 0.1) is 0 Å². The summed E-state index contributed by atoms with van der Waals surface area (Å²) in [6, 6.07) is 10.2. The van der Waals surface area contributed by atoms with Crippen LogP contribution < -0.4 is 9.64 Å². The average Bonchev–Trinajstić information content (AvgIpc) is 3.15. The van der Waals surface area contributed by atoms with Gasteiger partial charge < -0.3 is 9.64 Å². The zero-order chi connectivity index (χ0) is 18.6. The van der Waals surface area contributed by atoms with Gasteiger partial charge in [-0.05, 0) is 42.8 Å². The molecule has 0 saturated carbocycles. The lowest BCUT2D eigenvalue weighted by Crippen LogP contribution is -2.70. The summed E-state index contributed by atoms with van der Waals surface area (Å²) in [7, 11) is -1.95. The maximum absolute atomic E-state index is 13.0. The van der Waals surface area contributed by atoms with Gasteiger partial charge in [-0.25, -0.2) is 8.42 Å². The van der Waals surface area contributed by atoms with Gasteiger partial charge in [-0.1, -0.05) is 0 Å². The van der Waals surface area contributed by atoms with E-state index < -0.39 is 10.0 Å². The molecule has 1 aromatic carbocycles. The van der Waals surface area contributed by atoms with Crippen LogP contribution in [0.25, 0.3) is 5.65 Å². The second-order valence-electron chi connectivity index (χ2n) is 6.78. The lowest BCUT2D eigenvalue weighted by atomic mass is 9.91. The maximum Gasteiger partial charge on any atom is 0.243 e. The first kappa shape index (κ1) is 16.5. The van der Waals surface area contributed by atoms with Gasteiger partial charge in [0.1, 0.15) is 17.9 Å². The van der Waals surface area contributed by atoms with E-state index in [0.29, 0.717) is 29.4 Å². The highest BCUT2D eigenvalue weighted by molar-refractivity contribution is 7.89. The summed E-state index contributed by atoms with van der Waals surface area (Å²) in [5, 5.41) is 12.3. The third-order valence-electron chi connectivity index (χ3n) is 5.23. The molecule has 2 atom stereocenters. The van der Waals surface area contributed by atoms with Gasteiger partial charge >= 0.3 is 0 Å². The SMILES string of the molecule is COc1ccc(S(=O)(=O)N2C3CC2CN(c2ccc4nncn4n2)C3)cc1. The topological polar surface area (TPSA) is 92.9 Å². The van der Waals surface area contributed by atoms with Crippen molar-refractivity contribution < 1.29 is 13.2 Å². The summed E-state index contributed by atoms with van der Waals surface area (Å²) in [5.74, 6) is 1.44. The number of benzene rings is 1. The van der Waals surface area contributed by atoms with Crippen molar-refractivity contribution in [3.05, 3.63) is 42.7 Å². The quantitative estimate of drug-likeness (QED) is 0.654. The first-order chi connectivity index (χ1) is 13.1. The molecule has 2 bridgehead atoms. The third-order valence-corrected chi connectivity index (χ3v) is 7.25. The third kappa shape index (κ3) is 2.55. The van der Waals surface area contributed by atoms with E-state index in [0.717, 1.165) is 12.2 Å². The van der Waals surface area contributed by atoms with Crippen LogP contribution in [0.4, 0.5) is 5.82 Å². The first-order valence-corrected chi connectivity index (χ1v) is 10.1. The maximum atomic E-state index is 13.0. The Hall–Kier alpha value is -2.72. The van der Waals surface area contributed by atoms with Gasteiger partial charge in [-0.3, -0.25) is 0 Å². The van der Waals surface area contributed by atoms with E-state index in [1.807, 2.05) is 12.1 Å². The summed E-state index contributed by atoms with van der Waals surface area (Å²) >= 11 is 0. The van der Waals surface area contributed by atoms with Crippen LogP contribution in [0.15, 0.2) is 47.6 Å². The van der Waals surface area contributed by atoms with Gasteiger partial charge in [0.05, 0.1) is 12.0 Å². The van der Waals surface area contributed by atoms with E-state index in [2.05, 4.69) is 20.2 Å². The van der Waals surface area contributed by atoms with Gasteiger partial charge in [0.2, 0.25) is 10.0 Å². The number of methoxy groups -OCH3 is 1. The lowest BCUT2D eigenvalue weighted by molar-refractivity contribution is 0.0873. The normalized spacial score (nSPS) is 22.6. The van der Waals surface area contributed by atoms with E-state index in [-0.39, 0.29) is 12.1 Å². The van der Waals surface area contributed by atoms with E-state index >= 15 is 0 Å². The Kier molecular flexibility index (Phi) is 3.59. The van der Waals surface area contributed by atoms with Crippen molar-refractivity contribution in [3.8, 4) is 5.75 Å². The molecule has 5 heterocycles. The van der Waals surface area contributed by atoms with Crippen molar-refractivity contribution in [2.24, 2.45) is 0 Å². The number of nitrogens with zero attached hydrogens (tertiary/aromatic N) is 6. The fraction of sp³-hybridized carbons (Fsp3) is 0.353. The largest absolute Gasteiger partial charge is 0.497 e. The van der Waals surface area contributed by atoms with Crippen molar-refractivity contribution in [2.75, 3.05) is 25.1 Å². The number of piperidine rings is 1. The number of aromatic nitrogens is 4. The van der Waals surface area contributed by atoms with Crippen LogP contribution in [-0.4, -0.2) is 64.8 Å². The second kappa shape index (κ2) is 5.89. The molecule has 0 N–H and O–H groups in total. The van der Waals surface area contributed by atoms with Gasteiger partial charge in [-0.2, -0.15) is 8.82 Å². The molecule has 9 nitrogen and oxygen atoms in total. The van der Waals surface area contributed by atoms with Crippen LogP contribution in [0.1, 0.15) is 6.42 Å². The molecule has 10 heteroatoms. The number of fused-ring (bicyclic) bond motifs is 3. The molecule has 140 valence electrons. The Labute approximate surface area is 156 Å². The van der Waals surface area contributed by atoms with Gasteiger partial charge in [0, 0.05) is 25.2 Å². The molecule has 0 radical (unpaired) electrons. The molecule has 3 aliphatic rings. The molecular formula is C17H18N6O3S. The predicted octanol–water partition coefficient (Wildman–Crippen LogP) is 0.785. The van der Waals surface area contributed by atoms with Crippen molar-refractivity contribution >= 4 is 21.5 Å². The van der Waals surface area contributed by atoms with Gasteiger partial charge in [-0.15, -0.1) is 15.3 Å². The molecule has 6 rings (SSSR count). The number of ether oxygens (including phenoxy) is 1. The van der Waals surface area contributed by atoms with Crippen LogP contribution in [0.5, 0.6) is 5.75 Å². The number of anilines is 1. The number of sulfonamides is 1. The molecule has 3 aromatic rings. The van der Waals surface area contributed by atoms with Crippen molar-refractivity contribution in [3.63, 3.8) is 0 Å². The van der Waals surface area contributed by atoms with E-state index in [1.54, 1.807) is 46.5 Å². The Morgan fingerprint density at radius 3 is 2.52 bits per heavy atom. The summed E-state index contributed by atoms with van der Waals surface area (Å²) in [4.78, 5) is 2.42. The molecule has 0 aliphatic carbocycles. The molecule has 27 heavy (non-hydrogen) atoms. The number of rotatable bonds is 4. The zero-order valence-corrected chi connectivity index (χ0v) is 15.5. The summed E-state index contributed by atoms with van der Waals surface area (Å²) < 4.78 is 34.5. The minimum Gasteiger partial charge on any atom is -0.497 e. The summed E-state index contributed by atoms with van der Waals surface area (Å²) in [6.07, 6.45) is 2.44. The Bertz CT molecular complexity index is 1090. The van der Waals surface area contributed by atoms with E-state index in [4.69, 9.17) is 4.74 Å². The van der Waals surface area contributed by atoms with Gasteiger partial charge in [0.25, 0.3) is 0 Å². The first-order valence-electron chi connectivity index (χ1n) is 8.66. The number of hydrogen-bond acceptors (Lipinski definition) is 7. The standard InChI is InChI=1S/C17H18N6O3S/c1-26-14-2-4-15(5-3-14)27(24,25)23-12-8-13(23)10-21(9-12)17-7-6-16-19-18-11-22(16)20-17/h2-7,11-13H,8-10H2,1H3. The van der Waals surface area contributed by atoms with Gasteiger partial charge in [0.15, 0.2) is 5.65 Å². The molecule has 2 aromatic heterocycles. The molecular weight excluding hydrogens is 368 g/mol. The molecule has 3 fully saturated rings. The van der Waals surface area contributed by atoms with Crippen LogP contribution in [0.2, 0.25) is 0 Å². The molecule has 3 aliphatic heterocycles. The smallest absolute Gasteiger partial charge is 0.243 e. The Balaban J connectivity index is 1.37. The lowest BCUT2D eigenvalue weighted by Gasteiger charge is -2.55. The van der Waals surface area contributed by atoms with E-state index in [1.165, 1.54) is 0 Å². The fourth-order valence-corrected chi connectivity index (χ4v) is 5.73. The second-order valence-corrected chi connectivity index (χ2v) is 8.63. The van der Waals surface area contributed by atoms with Crippen LogP contribution in [0.3, 0.4) is 0 Å². The highest BCUT2D eigenvalue weighted by atomic mass is 32.2. The Morgan fingerprint density at radius 2 is 1.81 bits per heavy atom. The Morgan fingerprint density at radius 1 is 1.07 bits per heavy atom.